The quantitative estimate of drug-likeness (QED) is 0.635. The lowest BCUT2D eigenvalue weighted by Crippen LogP contribution is -2.59. The highest BCUT2D eigenvalue weighted by molar-refractivity contribution is 5.92. The van der Waals surface area contributed by atoms with Crippen molar-refractivity contribution in [2.75, 3.05) is 39.3 Å². The van der Waals surface area contributed by atoms with Crippen LogP contribution in [0, 0.1) is 0 Å². The minimum atomic E-state index is 0.0819. The van der Waals surface area contributed by atoms with Crippen LogP contribution in [-0.2, 0) is 0 Å². The molecule has 1 fully saturated rings. The van der Waals surface area contributed by atoms with Gasteiger partial charge in [0.2, 0.25) is 0 Å². The van der Waals surface area contributed by atoms with Gasteiger partial charge >= 0.3 is 0 Å². The van der Waals surface area contributed by atoms with Crippen LogP contribution in [0.25, 0.3) is 0 Å². The summed E-state index contributed by atoms with van der Waals surface area (Å²) >= 11 is 0. The van der Waals surface area contributed by atoms with E-state index in [1.54, 1.807) is 0 Å². The van der Waals surface area contributed by atoms with Crippen molar-refractivity contribution in [3.05, 3.63) is 0 Å². The second-order valence-corrected chi connectivity index (χ2v) is 4.45. The number of nitrogens with zero attached hydrogens (tertiary/aromatic N) is 2. The van der Waals surface area contributed by atoms with E-state index in [4.69, 9.17) is 0 Å². The number of amidine groups is 1. The van der Waals surface area contributed by atoms with Crippen molar-refractivity contribution in [3.63, 3.8) is 0 Å². The first-order valence-electron chi connectivity index (χ1n) is 5.46. The van der Waals surface area contributed by atoms with E-state index in [1.807, 2.05) is 0 Å². The van der Waals surface area contributed by atoms with Gasteiger partial charge in [0.25, 0.3) is 0 Å². The number of nitrogens with one attached hydrogen (secondary N) is 2. The maximum Gasteiger partial charge on any atom is 0.117 e. The number of hydrogen-bond donors (Lipinski definition) is 2. The predicted octanol–water partition coefficient (Wildman–Crippen LogP) is -0.328. The largest absolute Gasteiger partial charge is 0.370 e. The van der Waals surface area contributed by atoms with E-state index in [1.165, 1.54) is 5.84 Å². The van der Waals surface area contributed by atoms with Gasteiger partial charge in [-0.15, -0.1) is 0 Å². The molecule has 0 aliphatic carbocycles. The molecule has 80 valence electrons. The number of hydrogen-bond acceptors (Lipinski definition) is 4. The summed E-state index contributed by atoms with van der Waals surface area (Å²) in [7, 11) is 0. The molecule has 0 aromatic rings. The Balaban J connectivity index is 2.05. The monoisotopic (exact) mass is 196 g/mol. The Bertz CT molecular complexity index is 228. The highest BCUT2D eigenvalue weighted by Crippen LogP contribution is 2.17. The fourth-order valence-corrected chi connectivity index (χ4v) is 2.18. The zero-order valence-corrected chi connectivity index (χ0v) is 9.14. The summed E-state index contributed by atoms with van der Waals surface area (Å²) in [5.74, 6) is 1.17. The first kappa shape index (κ1) is 9.93. The molecule has 1 saturated heterocycles. The highest BCUT2D eigenvalue weighted by atomic mass is 15.3. The Hall–Kier alpha value is -0.610. The number of rotatable bonds is 2. The Morgan fingerprint density at radius 1 is 1.21 bits per heavy atom. The van der Waals surface area contributed by atoms with Crippen LogP contribution in [0.1, 0.15) is 13.8 Å². The maximum atomic E-state index is 4.53. The minimum Gasteiger partial charge on any atom is -0.370 e. The van der Waals surface area contributed by atoms with Gasteiger partial charge in [0.1, 0.15) is 5.84 Å². The Kier molecular flexibility index (Phi) is 2.74. The van der Waals surface area contributed by atoms with Crippen molar-refractivity contribution >= 4 is 5.84 Å². The zero-order chi connectivity index (χ0) is 10.0. The molecule has 0 bridgehead atoms. The third-order valence-electron chi connectivity index (χ3n) is 3.16. The van der Waals surface area contributed by atoms with Crippen LogP contribution in [0.4, 0.5) is 0 Å². The Morgan fingerprint density at radius 2 is 1.93 bits per heavy atom. The van der Waals surface area contributed by atoms with Crippen LogP contribution in [0.3, 0.4) is 0 Å². The van der Waals surface area contributed by atoms with Gasteiger partial charge in [-0.25, -0.2) is 0 Å². The fraction of sp³-hybridized carbons (Fsp3) is 0.900. The molecule has 2 aliphatic heterocycles. The molecule has 2 heterocycles. The topological polar surface area (TPSA) is 39.7 Å². The summed E-state index contributed by atoms with van der Waals surface area (Å²) in [6, 6.07) is 0. The summed E-state index contributed by atoms with van der Waals surface area (Å²) in [6.07, 6.45) is 0. The van der Waals surface area contributed by atoms with E-state index in [0.29, 0.717) is 0 Å². The van der Waals surface area contributed by atoms with E-state index >= 15 is 0 Å². The van der Waals surface area contributed by atoms with Crippen LogP contribution in [0.5, 0.6) is 0 Å². The molecule has 0 saturated carbocycles. The van der Waals surface area contributed by atoms with E-state index < -0.39 is 0 Å². The summed E-state index contributed by atoms with van der Waals surface area (Å²) in [6.45, 7) is 10.9. The SMILES string of the molecule is CC(C)(C1=NCCN1)N1CCNCC1. The molecule has 0 amide bonds. The predicted molar refractivity (Wildman–Crippen MR) is 58.8 cm³/mol. The Morgan fingerprint density at radius 3 is 2.50 bits per heavy atom. The summed E-state index contributed by atoms with van der Waals surface area (Å²) in [4.78, 5) is 7.03. The number of aliphatic imine (C=N–C) groups is 1. The van der Waals surface area contributed by atoms with E-state index in [-0.39, 0.29) is 5.54 Å². The lowest BCUT2D eigenvalue weighted by molar-refractivity contribution is 0.154. The second-order valence-electron chi connectivity index (χ2n) is 4.45. The molecule has 14 heavy (non-hydrogen) atoms. The molecule has 2 rings (SSSR count). The fourth-order valence-electron chi connectivity index (χ4n) is 2.18. The van der Waals surface area contributed by atoms with Crippen LogP contribution in [0.2, 0.25) is 0 Å². The molecule has 2 aliphatic rings. The summed E-state index contributed by atoms with van der Waals surface area (Å²) in [5, 5.41) is 6.76. The van der Waals surface area contributed by atoms with Crippen molar-refractivity contribution in [2.24, 2.45) is 4.99 Å². The van der Waals surface area contributed by atoms with Gasteiger partial charge in [0, 0.05) is 32.7 Å². The number of piperazine rings is 1. The first-order valence-corrected chi connectivity index (χ1v) is 5.46. The normalized spacial score (nSPS) is 24.6. The zero-order valence-electron chi connectivity index (χ0n) is 9.14. The van der Waals surface area contributed by atoms with Gasteiger partial charge in [-0.05, 0) is 13.8 Å². The molecule has 0 atom stereocenters. The van der Waals surface area contributed by atoms with E-state index in [2.05, 4.69) is 34.4 Å². The van der Waals surface area contributed by atoms with Crippen molar-refractivity contribution in [1.82, 2.24) is 15.5 Å². The van der Waals surface area contributed by atoms with Crippen molar-refractivity contribution in [3.8, 4) is 0 Å². The average molecular weight is 196 g/mol. The second kappa shape index (κ2) is 3.87. The molecule has 0 aromatic carbocycles. The maximum absolute atomic E-state index is 4.53. The van der Waals surface area contributed by atoms with Gasteiger partial charge in [0.05, 0.1) is 12.1 Å². The van der Waals surface area contributed by atoms with Crippen LogP contribution < -0.4 is 10.6 Å². The molecule has 0 radical (unpaired) electrons. The molecule has 2 N–H and O–H groups in total. The standard InChI is InChI=1S/C10H20N4/c1-10(2,9-12-3-4-13-9)14-7-5-11-6-8-14/h11H,3-8H2,1-2H3,(H,12,13). The molecular weight excluding hydrogens is 176 g/mol. The van der Waals surface area contributed by atoms with Gasteiger partial charge in [-0.3, -0.25) is 9.89 Å². The average Bonchev–Trinajstić information content (AvgIpc) is 2.72. The molecular formula is C10H20N4. The third kappa shape index (κ3) is 1.77. The van der Waals surface area contributed by atoms with Crippen molar-refractivity contribution in [1.29, 1.82) is 0 Å². The molecule has 0 spiro atoms. The Labute approximate surface area is 85.8 Å². The van der Waals surface area contributed by atoms with Crippen LogP contribution >= 0.6 is 0 Å². The van der Waals surface area contributed by atoms with Crippen molar-refractivity contribution in [2.45, 2.75) is 19.4 Å². The van der Waals surface area contributed by atoms with Crippen molar-refractivity contribution < 1.29 is 0 Å². The molecule has 0 aromatic heterocycles. The molecule has 4 heteroatoms. The lowest BCUT2D eigenvalue weighted by atomic mass is 10.00. The first-order chi connectivity index (χ1) is 6.71. The summed E-state index contributed by atoms with van der Waals surface area (Å²) < 4.78 is 0. The van der Waals surface area contributed by atoms with E-state index in [9.17, 15) is 0 Å². The van der Waals surface area contributed by atoms with Crippen LogP contribution in [-0.4, -0.2) is 55.5 Å². The van der Waals surface area contributed by atoms with Crippen LogP contribution in [0.15, 0.2) is 4.99 Å². The molecule has 0 unspecified atom stereocenters. The van der Waals surface area contributed by atoms with E-state index in [0.717, 1.165) is 39.3 Å². The summed E-state index contributed by atoms with van der Waals surface area (Å²) in [5.41, 5.74) is 0.0819. The minimum absolute atomic E-state index is 0.0819. The van der Waals surface area contributed by atoms with Gasteiger partial charge in [-0.1, -0.05) is 0 Å². The van der Waals surface area contributed by atoms with Gasteiger partial charge in [0.15, 0.2) is 0 Å². The third-order valence-corrected chi connectivity index (χ3v) is 3.16. The molecule has 4 nitrogen and oxygen atoms in total. The van der Waals surface area contributed by atoms with Gasteiger partial charge in [-0.2, -0.15) is 0 Å². The lowest BCUT2D eigenvalue weighted by Gasteiger charge is -2.41. The highest BCUT2D eigenvalue weighted by Gasteiger charge is 2.33. The smallest absolute Gasteiger partial charge is 0.117 e. The van der Waals surface area contributed by atoms with Gasteiger partial charge < -0.3 is 10.6 Å².